The van der Waals surface area contributed by atoms with Crippen LogP contribution in [-0.2, 0) is 0 Å². The molecule has 0 bridgehead atoms. The summed E-state index contributed by atoms with van der Waals surface area (Å²) in [4.78, 5) is 15.4. The molecular formula is C26H32N2O2S. The van der Waals surface area contributed by atoms with Gasteiger partial charge in [0.15, 0.2) is 10.9 Å². The van der Waals surface area contributed by atoms with Crippen molar-refractivity contribution in [3.8, 4) is 5.75 Å². The van der Waals surface area contributed by atoms with Crippen LogP contribution in [0.25, 0.3) is 0 Å². The van der Waals surface area contributed by atoms with Gasteiger partial charge in [-0.05, 0) is 31.6 Å². The van der Waals surface area contributed by atoms with Gasteiger partial charge < -0.3 is 15.0 Å². The molecule has 0 fully saturated rings. The molecule has 2 aromatic rings. The zero-order chi connectivity index (χ0) is 22.2. The Hall–Kier alpha value is -2.66. The Morgan fingerprint density at radius 1 is 1.03 bits per heavy atom. The smallest absolute Gasteiger partial charge is 0.193 e. The Bertz CT molecular complexity index is 939. The van der Waals surface area contributed by atoms with Gasteiger partial charge in [-0.25, -0.2) is 0 Å². The molecule has 5 heteroatoms. The highest BCUT2D eigenvalue weighted by Gasteiger charge is 2.34. The lowest BCUT2D eigenvalue weighted by atomic mass is 9.89. The second kappa shape index (κ2) is 11.1. The quantitative estimate of drug-likeness (QED) is 0.279. The summed E-state index contributed by atoms with van der Waals surface area (Å²) in [5.74, 6) is 0.799. The van der Waals surface area contributed by atoms with Gasteiger partial charge in [-0.1, -0.05) is 81.1 Å². The zero-order valence-electron chi connectivity index (χ0n) is 18.7. The molecular weight excluding hydrogens is 404 g/mol. The minimum Gasteiger partial charge on any atom is -0.493 e. The molecule has 2 aromatic carbocycles. The molecule has 3 rings (SSSR count). The molecule has 1 atom stereocenters. The van der Waals surface area contributed by atoms with Gasteiger partial charge in [-0.15, -0.1) is 0 Å². The molecule has 0 saturated carbocycles. The number of carbonyl (C=O) groups is 1. The predicted octanol–water partition coefficient (Wildman–Crippen LogP) is 6.05. The average Bonchev–Trinajstić information content (AvgIpc) is 2.80. The third kappa shape index (κ3) is 5.53. The van der Waals surface area contributed by atoms with Crippen molar-refractivity contribution in [1.29, 1.82) is 0 Å². The number of Topliss-reactive ketones (excluding diaryl/α,β-unsaturated/α-hetero) is 1. The van der Waals surface area contributed by atoms with Crippen molar-refractivity contribution in [2.24, 2.45) is 0 Å². The number of benzene rings is 2. The number of ether oxygens (including phenoxy) is 1. The summed E-state index contributed by atoms with van der Waals surface area (Å²) >= 11 is 5.56. The van der Waals surface area contributed by atoms with E-state index in [1.807, 2.05) is 73.5 Å². The molecule has 164 valence electrons. The number of hydrogen-bond acceptors (Lipinski definition) is 3. The first-order valence-electron chi connectivity index (χ1n) is 11.1. The van der Waals surface area contributed by atoms with Crippen molar-refractivity contribution in [3.63, 3.8) is 0 Å². The van der Waals surface area contributed by atoms with Crippen LogP contribution in [0.1, 0.15) is 67.9 Å². The fraction of sp³-hybridized carbons (Fsp3) is 0.385. The van der Waals surface area contributed by atoms with Crippen LogP contribution in [0, 0.1) is 0 Å². The van der Waals surface area contributed by atoms with E-state index in [1.165, 1.54) is 25.7 Å². The van der Waals surface area contributed by atoms with Gasteiger partial charge in [0.25, 0.3) is 0 Å². The number of hydrogen-bond donors (Lipinski definition) is 1. The molecule has 1 aliphatic heterocycles. The van der Waals surface area contributed by atoms with E-state index in [2.05, 4.69) is 12.2 Å². The van der Waals surface area contributed by atoms with E-state index in [-0.39, 0.29) is 11.8 Å². The first-order chi connectivity index (χ1) is 15.0. The lowest BCUT2D eigenvalue weighted by molar-refractivity contribution is 0.102. The van der Waals surface area contributed by atoms with Crippen LogP contribution < -0.4 is 10.1 Å². The van der Waals surface area contributed by atoms with Gasteiger partial charge >= 0.3 is 0 Å². The molecule has 0 radical (unpaired) electrons. The molecule has 0 saturated heterocycles. The van der Waals surface area contributed by atoms with Gasteiger partial charge in [-0.3, -0.25) is 4.79 Å². The van der Waals surface area contributed by atoms with Gasteiger partial charge in [0.2, 0.25) is 0 Å². The van der Waals surface area contributed by atoms with E-state index in [4.69, 9.17) is 17.0 Å². The van der Waals surface area contributed by atoms with E-state index in [1.54, 1.807) is 0 Å². The van der Waals surface area contributed by atoms with E-state index in [0.29, 0.717) is 22.9 Å². The SMILES string of the molecule is CCCCCCCOc1ccccc1C1NC(=S)N(C)C(C)=C1C(=O)c1ccccc1. The maximum absolute atomic E-state index is 13.5. The fourth-order valence-electron chi connectivity index (χ4n) is 3.85. The minimum atomic E-state index is -0.354. The van der Waals surface area contributed by atoms with Crippen LogP contribution in [0.15, 0.2) is 65.9 Å². The maximum Gasteiger partial charge on any atom is 0.193 e. The Labute approximate surface area is 191 Å². The topological polar surface area (TPSA) is 41.6 Å². The average molecular weight is 437 g/mol. The largest absolute Gasteiger partial charge is 0.493 e. The van der Waals surface area contributed by atoms with Crippen molar-refractivity contribution in [3.05, 3.63) is 77.0 Å². The molecule has 0 amide bonds. The van der Waals surface area contributed by atoms with Gasteiger partial charge in [0, 0.05) is 29.4 Å². The summed E-state index contributed by atoms with van der Waals surface area (Å²) in [7, 11) is 1.89. The zero-order valence-corrected chi connectivity index (χ0v) is 19.5. The molecule has 1 aliphatic rings. The summed E-state index contributed by atoms with van der Waals surface area (Å²) in [5.41, 5.74) is 3.16. The third-order valence-electron chi connectivity index (χ3n) is 5.77. The van der Waals surface area contributed by atoms with E-state index in [9.17, 15) is 4.79 Å². The van der Waals surface area contributed by atoms with Crippen LogP contribution in [0.4, 0.5) is 0 Å². The molecule has 1 N–H and O–H groups in total. The number of rotatable bonds is 10. The van der Waals surface area contributed by atoms with Gasteiger partial charge in [0.05, 0.1) is 12.6 Å². The summed E-state index contributed by atoms with van der Waals surface area (Å²) in [6.45, 7) is 4.84. The molecule has 0 aliphatic carbocycles. The number of ketones is 1. The van der Waals surface area contributed by atoms with E-state index < -0.39 is 0 Å². The van der Waals surface area contributed by atoms with Crippen molar-refractivity contribution in [1.82, 2.24) is 10.2 Å². The summed E-state index contributed by atoms with van der Waals surface area (Å²) in [5, 5.41) is 3.97. The second-order valence-electron chi connectivity index (χ2n) is 7.94. The second-order valence-corrected chi connectivity index (χ2v) is 8.32. The van der Waals surface area contributed by atoms with E-state index >= 15 is 0 Å². The number of para-hydroxylation sites is 1. The molecule has 31 heavy (non-hydrogen) atoms. The number of allylic oxidation sites excluding steroid dienone is 1. The first-order valence-corrected chi connectivity index (χ1v) is 11.5. The van der Waals surface area contributed by atoms with Gasteiger partial charge in [0.1, 0.15) is 5.75 Å². The molecule has 0 spiro atoms. The molecule has 1 unspecified atom stereocenters. The van der Waals surface area contributed by atoms with Gasteiger partial charge in [-0.2, -0.15) is 0 Å². The van der Waals surface area contributed by atoms with Crippen molar-refractivity contribution >= 4 is 23.1 Å². The molecule has 1 heterocycles. The number of nitrogens with zero attached hydrogens (tertiary/aromatic N) is 1. The van der Waals surface area contributed by atoms with Crippen LogP contribution >= 0.6 is 12.2 Å². The third-order valence-corrected chi connectivity index (χ3v) is 6.16. The van der Waals surface area contributed by atoms with Crippen molar-refractivity contribution in [2.75, 3.05) is 13.7 Å². The monoisotopic (exact) mass is 436 g/mol. The van der Waals surface area contributed by atoms with Crippen LogP contribution in [-0.4, -0.2) is 29.5 Å². The Balaban J connectivity index is 1.89. The highest BCUT2D eigenvalue weighted by Crippen LogP contribution is 2.36. The number of thiocarbonyl (C=S) groups is 1. The summed E-state index contributed by atoms with van der Waals surface area (Å²) in [6.07, 6.45) is 5.93. The highest BCUT2D eigenvalue weighted by molar-refractivity contribution is 7.80. The standard InChI is InChI=1S/C26H32N2O2S/c1-4-5-6-7-13-18-30-22-17-12-11-16-21(22)24-23(19(2)28(3)26(31)27-24)25(29)20-14-9-8-10-15-20/h8-12,14-17,24H,4-7,13,18H2,1-3H3,(H,27,31). The number of unbranched alkanes of at least 4 members (excludes halogenated alkanes) is 4. The highest BCUT2D eigenvalue weighted by atomic mass is 32.1. The van der Waals surface area contributed by atoms with Crippen molar-refractivity contribution in [2.45, 2.75) is 52.0 Å². The maximum atomic E-state index is 13.5. The number of carbonyl (C=O) groups excluding carboxylic acids is 1. The normalized spacial score (nSPS) is 16.3. The molecule has 4 nitrogen and oxygen atoms in total. The lowest BCUT2D eigenvalue weighted by Crippen LogP contribution is -2.45. The van der Waals surface area contributed by atoms with Crippen LogP contribution in [0.3, 0.4) is 0 Å². The Kier molecular flexibility index (Phi) is 8.24. The van der Waals surface area contributed by atoms with Crippen LogP contribution in [0.5, 0.6) is 5.75 Å². The van der Waals surface area contributed by atoms with E-state index in [0.717, 1.165) is 23.4 Å². The summed E-state index contributed by atoms with van der Waals surface area (Å²) < 4.78 is 6.17. The summed E-state index contributed by atoms with van der Waals surface area (Å²) in [6, 6.07) is 17.0. The van der Waals surface area contributed by atoms with Crippen molar-refractivity contribution < 1.29 is 9.53 Å². The lowest BCUT2D eigenvalue weighted by Gasteiger charge is -2.36. The fourth-order valence-corrected chi connectivity index (χ4v) is 4.10. The minimum absolute atomic E-state index is 0.000631. The Morgan fingerprint density at radius 3 is 2.45 bits per heavy atom. The predicted molar refractivity (Wildman–Crippen MR) is 130 cm³/mol. The first kappa shape index (κ1) is 23.0. The Morgan fingerprint density at radius 2 is 1.71 bits per heavy atom. The molecule has 0 aromatic heterocycles. The van der Waals surface area contributed by atoms with Crippen LogP contribution in [0.2, 0.25) is 0 Å². The number of nitrogens with one attached hydrogen (secondary N) is 1.